The molecule has 2 aliphatic carbocycles. The van der Waals surface area contributed by atoms with Crippen LogP contribution in [0.15, 0.2) is 0 Å². The maximum atomic E-state index is 12.6. The summed E-state index contributed by atoms with van der Waals surface area (Å²) in [6.45, 7) is 0.886. The number of carbonyl (C=O) groups excluding carboxylic acids is 1. The summed E-state index contributed by atoms with van der Waals surface area (Å²) in [5, 5.41) is 6.41. The van der Waals surface area contributed by atoms with Gasteiger partial charge in [-0.15, -0.1) is 5.10 Å². The van der Waals surface area contributed by atoms with E-state index in [9.17, 15) is 4.79 Å². The van der Waals surface area contributed by atoms with Gasteiger partial charge in [0.2, 0.25) is 11.8 Å². The van der Waals surface area contributed by atoms with Crippen LogP contribution in [0.5, 0.6) is 0 Å². The standard InChI is InChI=1S/C13H19N5O/c14-13-15-11(16-17-13)12(19)18-6-9-2-7-1-8(3-9)5-10(18)4-7/h7-10H,1-6H2,(H3,14,15,16,17)/t7-,8+,9?,10?. The van der Waals surface area contributed by atoms with Crippen LogP contribution in [0.1, 0.15) is 42.7 Å². The zero-order valence-electron chi connectivity index (χ0n) is 10.9. The van der Waals surface area contributed by atoms with Gasteiger partial charge in [0.25, 0.3) is 5.91 Å². The van der Waals surface area contributed by atoms with Crippen LogP contribution in [0, 0.1) is 17.8 Å². The molecule has 4 atom stereocenters. The summed E-state index contributed by atoms with van der Waals surface area (Å²) in [6, 6.07) is 0.398. The fourth-order valence-corrected chi connectivity index (χ4v) is 4.54. The average molecular weight is 261 g/mol. The van der Waals surface area contributed by atoms with Gasteiger partial charge in [-0.1, -0.05) is 0 Å². The van der Waals surface area contributed by atoms with Gasteiger partial charge in [-0.2, -0.15) is 4.98 Å². The Labute approximate surface area is 111 Å². The normalized spacial score (nSPS) is 36.5. The third-order valence-corrected chi connectivity index (χ3v) is 5.07. The molecule has 0 radical (unpaired) electrons. The number of hydrogen-bond acceptors (Lipinski definition) is 4. The number of anilines is 1. The van der Waals surface area contributed by atoms with E-state index < -0.39 is 0 Å². The quantitative estimate of drug-likeness (QED) is 0.790. The summed E-state index contributed by atoms with van der Waals surface area (Å²) >= 11 is 0. The van der Waals surface area contributed by atoms with Crippen molar-refractivity contribution in [3.05, 3.63) is 5.82 Å². The highest BCUT2D eigenvalue weighted by atomic mass is 16.2. The smallest absolute Gasteiger partial charge is 0.291 e. The van der Waals surface area contributed by atoms with E-state index in [1.165, 1.54) is 32.1 Å². The molecule has 19 heavy (non-hydrogen) atoms. The Morgan fingerprint density at radius 2 is 1.84 bits per heavy atom. The maximum Gasteiger partial charge on any atom is 0.291 e. The second-order valence-corrected chi connectivity index (χ2v) is 6.43. The predicted octanol–water partition coefficient (Wildman–Crippen LogP) is 1.04. The van der Waals surface area contributed by atoms with Crippen molar-refractivity contribution in [2.45, 2.75) is 38.1 Å². The number of H-pyrrole nitrogens is 1. The van der Waals surface area contributed by atoms with Crippen molar-refractivity contribution in [1.82, 2.24) is 20.1 Å². The lowest BCUT2D eigenvalue weighted by Crippen LogP contribution is -2.42. The molecule has 5 rings (SSSR count). The summed E-state index contributed by atoms with van der Waals surface area (Å²) in [5.74, 6) is 2.76. The van der Waals surface area contributed by atoms with Crippen LogP contribution in [0.3, 0.4) is 0 Å². The Bertz CT molecular complexity index is 499. The first-order chi connectivity index (χ1) is 9.19. The predicted molar refractivity (Wildman–Crippen MR) is 69.2 cm³/mol. The molecular formula is C13H19N5O. The van der Waals surface area contributed by atoms with Crippen LogP contribution >= 0.6 is 0 Å². The second-order valence-electron chi connectivity index (χ2n) is 6.43. The van der Waals surface area contributed by atoms with Crippen LogP contribution in [0.4, 0.5) is 5.95 Å². The number of amides is 1. The van der Waals surface area contributed by atoms with E-state index in [1.807, 2.05) is 4.90 Å². The number of aromatic amines is 1. The third-order valence-electron chi connectivity index (χ3n) is 5.07. The minimum Gasteiger partial charge on any atom is -0.366 e. The number of nitrogens with zero attached hydrogens (tertiary/aromatic N) is 3. The SMILES string of the molecule is Nc1n[nH]c(C(=O)N2CC3C[C@@H]4CC2C[C@H](C3)C4)n1. The van der Waals surface area contributed by atoms with Crippen LogP contribution in [-0.2, 0) is 0 Å². The number of aromatic nitrogens is 3. The Morgan fingerprint density at radius 1 is 1.16 bits per heavy atom. The fourth-order valence-electron chi connectivity index (χ4n) is 4.54. The zero-order valence-corrected chi connectivity index (χ0v) is 10.9. The number of nitrogen functional groups attached to an aromatic ring is 1. The third kappa shape index (κ3) is 1.81. The van der Waals surface area contributed by atoms with E-state index in [2.05, 4.69) is 15.2 Å². The highest BCUT2D eigenvalue weighted by molar-refractivity contribution is 5.91. The van der Waals surface area contributed by atoms with E-state index in [0.29, 0.717) is 17.8 Å². The van der Waals surface area contributed by atoms with Crippen molar-refractivity contribution in [3.8, 4) is 0 Å². The van der Waals surface area contributed by atoms with Gasteiger partial charge >= 0.3 is 0 Å². The average Bonchev–Trinajstić information content (AvgIpc) is 2.71. The fraction of sp³-hybridized carbons (Fsp3) is 0.769. The molecular weight excluding hydrogens is 242 g/mol. The second kappa shape index (κ2) is 3.95. The molecule has 3 N–H and O–H groups in total. The summed E-state index contributed by atoms with van der Waals surface area (Å²) < 4.78 is 0. The van der Waals surface area contributed by atoms with Gasteiger partial charge in [0, 0.05) is 12.6 Å². The van der Waals surface area contributed by atoms with Crippen molar-refractivity contribution in [3.63, 3.8) is 0 Å². The van der Waals surface area contributed by atoms with Crippen molar-refractivity contribution < 1.29 is 4.79 Å². The molecule has 1 aromatic heterocycles. The molecule has 4 bridgehead atoms. The first-order valence-corrected chi connectivity index (χ1v) is 7.18. The molecule has 2 unspecified atom stereocenters. The van der Waals surface area contributed by atoms with Gasteiger partial charge in [-0.25, -0.2) is 0 Å². The highest BCUT2D eigenvalue weighted by Crippen LogP contribution is 2.47. The molecule has 6 heteroatoms. The molecule has 0 aromatic carbocycles. The van der Waals surface area contributed by atoms with Crippen molar-refractivity contribution in [1.29, 1.82) is 0 Å². The van der Waals surface area contributed by atoms with Crippen LogP contribution in [0.25, 0.3) is 0 Å². The van der Waals surface area contributed by atoms with Gasteiger partial charge in [-0.05, 0) is 49.9 Å². The molecule has 6 nitrogen and oxygen atoms in total. The van der Waals surface area contributed by atoms with E-state index >= 15 is 0 Å². The molecule has 0 spiro atoms. The molecule has 4 fully saturated rings. The number of carbonyl (C=O) groups is 1. The first-order valence-electron chi connectivity index (χ1n) is 7.18. The largest absolute Gasteiger partial charge is 0.366 e. The number of fused-ring (bicyclic) bond motifs is 1. The van der Waals surface area contributed by atoms with Gasteiger partial charge in [0.1, 0.15) is 0 Å². The number of hydrogen-bond donors (Lipinski definition) is 2. The molecule has 2 saturated carbocycles. The highest BCUT2D eigenvalue weighted by Gasteiger charge is 2.44. The Balaban J connectivity index is 1.62. The Hall–Kier alpha value is -1.59. The first kappa shape index (κ1) is 11.3. The van der Waals surface area contributed by atoms with Crippen molar-refractivity contribution in [2.24, 2.45) is 17.8 Å². The van der Waals surface area contributed by atoms with Crippen LogP contribution < -0.4 is 5.73 Å². The zero-order chi connectivity index (χ0) is 13.0. The van der Waals surface area contributed by atoms with Gasteiger partial charge in [-0.3, -0.25) is 9.89 Å². The Morgan fingerprint density at radius 3 is 2.47 bits per heavy atom. The van der Waals surface area contributed by atoms with E-state index in [-0.39, 0.29) is 11.9 Å². The van der Waals surface area contributed by atoms with Crippen molar-refractivity contribution in [2.75, 3.05) is 12.3 Å². The minimum atomic E-state index is -0.0256. The lowest BCUT2D eigenvalue weighted by atomic mass is 9.68. The maximum absolute atomic E-state index is 12.6. The van der Waals surface area contributed by atoms with E-state index in [4.69, 9.17) is 5.73 Å². The summed E-state index contributed by atoms with van der Waals surface area (Å²) in [6.07, 6.45) is 6.32. The van der Waals surface area contributed by atoms with Crippen molar-refractivity contribution >= 4 is 11.9 Å². The minimum absolute atomic E-state index is 0.0256. The summed E-state index contributed by atoms with van der Waals surface area (Å²) in [7, 11) is 0. The molecule has 2 saturated heterocycles. The number of nitrogens with two attached hydrogens (primary N) is 1. The number of rotatable bonds is 1. The van der Waals surface area contributed by atoms with Gasteiger partial charge < -0.3 is 10.6 Å². The summed E-state index contributed by atoms with van der Waals surface area (Å²) in [5.41, 5.74) is 5.49. The molecule has 2 aliphatic heterocycles. The lowest BCUT2D eigenvalue weighted by molar-refractivity contribution is 0.0621. The molecule has 1 amide bonds. The van der Waals surface area contributed by atoms with Crippen LogP contribution in [-0.4, -0.2) is 38.6 Å². The monoisotopic (exact) mass is 261 g/mol. The topological polar surface area (TPSA) is 87.9 Å². The van der Waals surface area contributed by atoms with E-state index in [0.717, 1.165) is 18.4 Å². The molecule has 3 heterocycles. The van der Waals surface area contributed by atoms with Crippen LogP contribution in [0.2, 0.25) is 0 Å². The summed E-state index contributed by atoms with van der Waals surface area (Å²) in [4.78, 5) is 18.6. The van der Waals surface area contributed by atoms with E-state index in [1.54, 1.807) is 0 Å². The molecule has 4 aliphatic rings. The molecule has 1 aromatic rings. The van der Waals surface area contributed by atoms with Gasteiger partial charge in [0.05, 0.1) is 0 Å². The number of nitrogens with one attached hydrogen (secondary N) is 1. The molecule has 102 valence electrons. The Kier molecular flexibility index (Phi) is 2.34. The van der Waals surface area contributed by atoms with Gasteiger partial charge in [0.15, 0.2) is 0 Å². The lowest BCUT2D eigenvalue weighted by Gasteiger charge is -2.38.